The molecule has 0 radical (unpaired) electrons. The van der Waals surface area contributed by atoms with Crippen LogP contribution in [0.25, 0.3) is 33.1 Å². The number of carbonyl (C=O) groups excluding carboxylic acids is 3. The molecule has 3 aromatic carbocycles. The molecule has 5 rings (SSSR count). The summed E-state index contributed by atoms with van der Waals surface area (Å²) in [5.41, 5.74) is 4.49. The Hall–Kier alpha value is -4.93. The summed E-state index contributed by atoms with van der Waals surface area (Å²) >= 11 is 0. The standard InChI is InChI=1S/C31H28N4O6/c1-33(2)19-6-9-22-25(16-19)41-26-17-20(34(3)4)7-10-23(26)29(22)24-15-18(5-8-21(24)31(39)40)30(38)32-13-14-35-27(36)11-12-28(35)37/h5-12,15-17H,13-14H2,1-4H3,(H-,32,38,39,40)/p+3. The minimum atomic E-state index is -1.13. The van der Waals surface area contributed by atoms with Crippen LogP contribution in [0.15, 0.2) is 71.2 Å². The van der Waals surface area contributed by atoms with Crippen LogP contribution in [0, 0.1) is 0 Å². The fraction of sp³-hybridized carbons (Fsp3) is 0.194. The highest BCUT2D eigenvalue weighted by molar-refractivity contribution is 6.14. The van der Waals surface area contributed by atoms with Gasteiger partial charge in [-0.05, 0) is 35.9 Å². The molecular formula is C31H31N4O6+3. The van der Waals surface area contributed by atoms with E-state index in [1.165, 1.54) is 24.3 Å². The minimum Gasteiger partial charge on any atom is -0.478 e. The third kappa shape index (κ3) is 5.30. The van der Waals surface area contributed by atoms with E-state index in [2.05, 4.69) is 5.32 Å². The second-order valence-corrected chi connectivity index (χ2v) is 10.4. The number of fused-ring (bicyclic) bond motifs is 2. The largest absolute Gasteiger partial charge is 0.478 e. The highest BCUT2D eigenvalue weighted by Crippen LogP contribution is 2.39. The molecule has 2 heterocycles. The smallest absolute Gasteiger partial charge is 0.367 e. The third-order valence-electron chi connectivity index (χ3n) is 7.18. The quantitative estimate of drug-likeness (QED) is 0.148. The second kappa shape index (κ2) is 10.9. The van der Waals surface area contributed by atoms with Gasteiger partial charge in [0.2, 0.25) is 0 Å². The van der Waals surface area contributed by atoms with E-state index in [9.17, 15) is 24.3 Å². The predicted octanol–water partition coefficient (Wildman–Crippen LogP) is 1.44. The first kappa shape index (κ1) is 27.6. The van der Waals surface area contributed by atoms with Gasteiger partial charge < -0.3 is 20.2 Å². The molecule has 0 bridgehead atoms. The molecule has 1 aliphatic rings. The molecule has 0 spiro atoms. The molecule has 41 heavy (non-hydrogen) atoms. The number of quaternary nitrogens is 2. The number of carbonyl (C=O) groups is 4. The van der Waals surface area contributed by atoms with Crippen molar-refractivity contribution in [2.75, 3.05) is 41.3 Å². The van der Waals surface area contributed by atoms with E-state index in [1.807, 2.05) is 64.6 Å². The molecule has 1 aliphatic heterocycles. The molecule has 0 saturated carbocycles. The summed E-state index contributed by atoms with van der Waals surface area (Å²) in [6, 6.07) is 16.1. The zero-order valence-corrected chi connectivity index (χ0v) is 23.2. The molecule has 10 heteroatoms. The number of hydrogen-bond donors (Lipinski definition) is 4. The zero-order chi connectivity index (χ0) is 29.4. The SMILES string of the molecule is C[NH+](C)c1ccc2c(-c3cc(C(=O)NCCN4C(=O)C=CC4=O)ccc3C(=O)O)c3ccc([NH+](C)C)cc3[o+]c2c1. The molecule has 208 valence electrons. The number of nitrogens with one attached hydrogen (secondary N) is 3. The van der Waals surface area contributed by atoms with Crippen LogP contribution < -0.4 is 15.1 Å². The lowest BCUT2D eigenvalue weighted by Crippen LogP contribution is -3.00. The molecule has 10 nitrogen and oxygen atoms in total. The molecule has 0 fully saturated rings. The van der Waals surface area contributed by atoms with Crippen LogP contribution in [0.1, 0.15) is 20.7 Å². The normalized spacial score (nSPS) is 13.3. The molecule has 0 unspecified atom stereocenters. The fourth-order valence-corrected chi connectivity index (χ4v) is 4.92. The molecule has 4 N–H and O–H groups in total. The van der Waals surface area contributed by atoms with Crippen LogP contribution in [0.4, 0.5) is 11.4 Å². The predicted molar refractivity (Wildman–Crippen MR) is 154 cm³/mol. The highest BCUT2D eigenvalue weighted by atomic mass is 16.4. The Morgan fingerprint density at radius 1 is 0.829 bits per heavy atom. The van der Waals surface area contributed by atoms with Gasteiger partial charge in [-0.15, -0.1) is 0 Å². The number of nitrogens with zero attached hydrogens (tertiary/aromatic N) is 1. The van der Waals surface area contributed by atoms with Gasteiger partial charge in [0.15, 0.2) is 0 Å². The molecular weight excluding hydrogens is 524 g/mol. The molecule has 0 aliphatic carbocycles. The Kier molecular flexibility index (Phi) is 7.36. The van der Waals surface area contributed by atoms with Crippen LogP contribution >= 0.6 is 0 Å². The Morgan fingerprint density at radius 2 is 1.39 bits per heavy atom. The lowest BCUT2D eigenvalue weighted by Gasteiger charge is -2.15. The van der Waals surface area contributed by atoms with Crippen molar-refractivity contribution in [3.05, 3.63) is 77.9 Å². The van der Waals surface area contributed by atoms with Gasteiger partial charge in [0.05, 0.1) is 44.5 Å². The van der Waals surface area contributed by atoms with Crippen molar-refractivity contribution in [1.29, 1.82) is 0 Å². The van der Waals surface area contributed by atoms with Crippen LogP contribution in [-0.4, -0.2) is 75.0 Å². The Morgan fingerprint density at radius 3 is 1.90 bits per heavy atom. The van der Waals surface area contributed by atoms with Crippen molar-refractivity contribution < 1.29 is 38.5 Å². The number of carboxylic acids is 1. The second-order valence-electron chi connectivity index (χ2n) is 10.4. The summed E-state index contributed by atoms with van der Waals surface area (Å²) in [4.78, 5) is 52.4. The van der Waals surface area contributed by atoms with Gasteiger partial charge in [-0.2, -0.15) is 0 Å². The van der Waals surface area contributed by atoms with E-state index in [0.29, 0.717) is 33.1 Å². The zero-order valence-electron chi connectivity index (χ0n) is 23.2. The van der Waals surface area contributed by atoms with E-state index in [-0.39, 0.29) is 24.2 Å². The maximum atomic E-state index is 13.1. The number of aromatic carboxylic acids is 1. The number of carboxylic acid groups (broad SMARTS) is 1. The number of rotatable bonds is 8. The average Bonchev–Trinajstić information content (AvgIpc) is 3.27. The molecule has 3 amide bonds. The summed E-state index contributed by atoms with van der Waals surface area (Å²) in [5, 5.41) is 14.3. The summed E-state index contributed by atoms with van der Waals surface area (Å²) < 4.78 is 6.37. The Balaban J connectivity index is 1.63. The molecule has 0 atom stereocenters. The molecule has 1 aromatic heterocycles. The monoisotopic (exact) mass is 555 g/mol. The number of hydrogen-bond acceptors (Lipinski definition) is 4. The van der Waals surface area contributed by atoms with Gasteiger partial charge >= 0.3 is 17.1 Å². The number of imide groups is 1. The molecule has 0 saturated heterocycles. The number of amides is 3. The lowest BCUT2D eigenvalue weighted by molar-refractivity contribution is -0.786. The van der Waals surface area contributed by atoms with E-state index >= 15 is 0 Å². The van der Waals surface area contributed by atoms with E-state index in [0.717, 1.165) is 26.1 Å². The fourth-order valence-electron chi connectivity index (χ4n) is 4.92. The molecule has 4 aromatic rings. The van der Waals surface area contributed by atoms with Crippen LogP contribution in [0.2, 0.25) is 0 Å². The first-order chi connectivity index (χ1) is 19.5. The summed E-state index contributed by atoms with van der Waals surface area (Å²) in [6.07, 6.45) is 2.38. The van der Waals surface area contributed by atoms with Crippen molar-refractivity contribution in [3.63, 3.8) is 0 Å². The van der Waals surface area contributed by atoms with E-state index in [4.69, 9.17) is 4.42 Å². The average molecular weight is 556 g/mol. The van der Waals surface area contributed by atoms with E-state index in [1.54, 1.807) is 6.07 Å². The van der Waals surface area contributed by atoms with Crippen molar-refractivity contribution in [3.8, 4) is 11.1 Å². The van der Waals surface area contributed by atoms with Crippen molar-refractivity contribution in [1.82, 2.24) is 10.2 Å². The Bertz CT molecular complexity index is 1690. The first-order valence-electron chi connectivity index (χ1n) is 13.2. The Labute approximate surface area is 236 Å². The van der Waals surface area contributed by atoms with Gasteiger partial charge in [0.25, 0.3) is 17.7 Å². The highest BCUT2D eigenvalue weighted by Gasteiger charge is 2.27. The number of benzene rings is 3. The summed E-state index contributed by atoms with van der Waals surface area (Å²) in [5.74, 6) is -2.44. The van der Waals surface area contributed by atoms with Crippen LogP contribution in [-0.2, 0) is 9.59 Å². The third-order valence-corrected chi connectivity index (χ3v) is 7.18. The van der Waals surface area contributed by atoms with Crippen molar-refractivity contribution in [2.24, 2.45) is 0 Å². The first-order valence-corrected chi connectivity index (χ1v) is 13.2. The van der Waals surface area contributed by atoms with Gasteiger partial charge in [-0.25, -0.2) is 9.21 Å². The van der Waals surface area contributed by atoms with Crippen molar-refractivity contribution >= 4 is 57.0 Å². The topological polar surface area (TPSA) is 124 Å². The van der Waals surface area contributed by atoms with Gasteiger partial charge in [-0.1, -0.05) is 0 Å². The van der Waals surface area contributed by atoms with Crippen molar-refractivity contribution in [2.45, 2.75) is 0 Å². The van der Waals surface area contributed by atoms with Gasteiger partial charge in [-0.3, -0.25) is 19.3 Å². The van der Waals surface area contributed by atoms with Crippen LogP contribution in [0.5, 0.6) is 0 Å². The summed E-state index contributed by atoms with van der Waals surface area (Å²) in [7, 11) is 8.03. The minimum absolute atomic E-state index is 0.0261. The van der Waals surface area contributed by atoms with Gasteiger partial charge in [0, 0.05) is 48.5 Å². The van der Waals surface area contributed by atoms with Crippen LogP contribution in [0.3, 0.4) is 0 Å². The maximum absolute atomic E-state index is 13.1. The van der Waals surface area contributed by atoms with E-state index < -0.39 is 23.7 Å². The summed E-state index contributed by atoms with van der Waals surface area (Å²) in [6.45, 7) is 0.0771. The lowest BCUT2D eigenvalue weighted by atomic mass is 9.91. The van der Waals surface area contributed by atoms with Gasteiger partial charge in [0.1, 0.15) is 23.5 Å². The maximum Gasteiger partial charge on any atom is 0.367 e.